The molecule has 0 radical (unpaired) electrons. The number of amides is 2. The summed E-state index contributed by atoms with van der Waals surface area (Å²) in [6.07, 6.45) is 1.08. The quantitative estimate of drug-likeness (QED) is 0.752. The highest BCUT2D eigenvalue weighted by Gasteiger charge is 2.22. The monoisotopic (exact) mass is 349 g/mol. The number of nitrogens with zero attached hydrogens (tertiary/aromatic N) is 1. The molecule has 7 heteroatoms. The highest BCUT2D eigenvalue weighted by molar-refractivity contribution is 5.77. The van der Waals surface area contributed by atoms with Crippen LogP contribution in [0.1, 0.15) is 18.9 Å². The van der Waals surface area contributed by atoms with E-state index in [0.29, 0.717) is 44.0 Å². The van der Waals surface area contributed by atoms with Gasteiger partial charge in [0.25, 0.3) is 0 Å². The third-order valence-electron chi connectivity index (χ3n) is 4.32. The fourth-order valence-electron chi connectivity index (χ4n) is 2.93. The molecule has 1 aliphatic rings. The molecule has 2 N–H and O–H groups in total. The summed E-state index contributed by atoms with van der Waals surface area (Å²) in [6.45, 7) is 4.12. The van der Waals surface area contributed by atoms with Crippen molar-refractivity contribution in [1.29, 1.82) is 0 Å². The molecule has 2 amide bonds. The van der Waals surface area contributed by atoms with Gasteiger partial charge in [0.15, 0.2) is 11.5 Å². The average molecular weight is 349 g/mol. The predicted octanol–water partition coefficient (Wildman–Crippen LogP) is 0.573. The molecule has 1 aromatic rings. The number of piperazine rings is 1. The maximum atomic E-state index is 12.1. The molecule has 1 atom stereocenters. The van der Waals surface area contributed by atoms with Crippen molar-refractivity contribution in [3.63, 3.8) is 0 Å². The number of hydrogen-bond acceptors (Lipinski definition) is 5. The summed E-state index contributed by atoms with van der Waals surface area (Å²) < 4.78 is 10.5. The minimum Gasteiger partial charge on any atom is -0.493 e. The first-order valence-corrected chi connectivity index (χ1v) is 8.50. The first kappa shape index (κ1) is 19.1. The largest absolute Gasteiger partial charge is 0.493 e. The van der Waals surface area contributed by atoms with E-state index in [0.717, 1.165) is 12.1 Å². The van der Waals surface area contributed by atoms with Crippen molar-refractivity contribution in [2.24, 2.45) is 0 Å². The summed E-state index contributed by atoms with van der Waals surface area (Å²) in [4.78, 5) is 25.3. The van der Waals surface area contributed by atoms with Gasteiger partial charge in [0.2, 0.25) is 11.8 Å². The Kier molecular flexibility index (Phi) is 7.06. The molecule has 1 saturated heterocycles. The van der Waals surface area contributed by atoms with E-state index in [1.165, 1.54) is 0 Å². The van der Waals surface area contributed by atoms with Gasteiger partial charge < -0.3 is 25.0 Å². The SMILES string of the molecule is COc1ccc(CCNC(=O)CC2CN(C(C)=O)CCN2)cc1OC. The Morgan fingerprint density at radius 1 is 1.28 bits per heavy atom. The van der Waals surface area contributed by atoms with Crippen molar-refractivity contribution < 1.29 is 19.1 Å². The van der Waals surface area contributed by atoms with E-state index in [1.54, 1.807) is 26.0 Å². The number of benzene rings is 1. The maximum Gasteiger partial charge on any atom is 0.221 e. The zero-order valence-electron chi connectivity index (χ0n) is 15.1. The molecule has 1 aromatic carbocycles. The molecular weight excluding hydrogens is 322 g/mol. The number of hydrogen-bond donors (Lipinski definition) is 2. The third kappa shape index (κ3) is 5.63. The Balaban J connectivity index is 1.76. The summed E-state index contributed by atoms with van der Waals surface area (Å²) in [5, 5.41) is 6.22. The van der Waals surface area contributed by atoms with Crippen LogP contribution >= 0.6 is 0 Å². The summed E-state index contributed by atoms with van der Waals surface area (Å²) in [6, 6.07) is 5.75. The minimum atomic E-state index is -0.0108. The second-order valence-corrected chi connectivity index (χ2v) is 6.11. The molecular formula is C18H27N3O4. The number of nitrogens with one attached hydrogen (secondary N) is 2. The zero-order valence-corrected chi connectivity index (χ0v) is 15.1. The Bertz CT molecular complexity index is 606. The van der Waals surface area contributed by atoms with Crippen LogP contribution in [0.15, 0.2) is 18.2 Å². The lowest BCUT2D eigenvalue weighted by atomic mass is 10.1. The summed E-state index contributed by atoms with van der Waals surface area (Å²) in [5.41, 5.74) is 1.07. The second-order valence-electron chi connectivity index (χ2n) is 6.11. The maximum absolute atomic E-state index is 12.1. The number of carbonyl (C=O) groups excluding carboxylic acids is 2. The highest BCUT2D eigenvalue weighted by Crippen LogP contribution is 2.27. The average Bonchev–Trinajstić information content (AvgIpc) is 2.61. The van der Waals surface area contributed by atoms with E-state index in [1.807, 2.05) is 18.2 Å². The van der Waals surface area contributed by atoms with E-state index in [2.05, 4.69) is 10.6 Å². The lowest BCUT2D eigenvalue weighted by Gasteiger charge is -2.32. The van der Waals surface area contributed by atoms with Crippen LogP contribution in [0, 0.1) is 0 Å². The summed E-state index contributed by atoms with van der Waals surface area (Å²) in [7, 11) is 3.20. The smallest absolute Gasteiger partial charge is 0.221 e. The van der Waals surface area contributed by atoms with Crippen molar-refractivity contribution in [3.8, 4) is 11.5 Å². The Labute approximate surface area is 148 Å². The van der Waals surface area contributed by atoms with Gasteiger partial charge in [-0.3, -0.25) is 9.59 Å². The molecule has 0 saturated carbocycles. The molecule has 25 heavy (non-hydrogen) atoms. The minimum absolute atomic E-state index is 0.0108. The molecule has 1 heterocycles. The number of methoxy groups -OCH3 is 2. The lowest BCUT2D eigenvalue weighted by molar-refractivity contribution is -0.131. The first-order chi connectivity index (χ1) is 12.0. The van der Waals surface area contributed by atoms with Gasteiger partial charge in [-0.15, -0.1) is 0 Å². The number of rotatable bonds is 7. The van der Waals surface area contributed by atoms with Gasteiger partial charge in [-0.1, -0.05) is 6.07 Å². The van der Waals surface area contributed by atoms with E-state index in [9.17, 15) is 9.59 Å². The standard InChI is InChI=1S/C18H27N3O4/c1-13(22)21-9-8-19-15(12-21)11-18(23)20-7-6-14-4-5-16(24-2)17(10-14)25-3/h4-5,10,15,19H,6-9,11-12H2,1-3H3,(H,20,23). The van der Waals surface area contributed by atoms with Crippen molar-refractivity contribution in [2.45, 2.75) is 25.8 Å². The number of ether oxygens (including phenoxy) is 2. The van der Waals surface area contributed by atoms with Crippen LogP contribution in [-0.4, -0.2) is 63.2 Å². The topological polar surface area (TPSA) is 79.9 Å². The van der Waals surface area contributed by atoms with Crippen LogP contribution in [0.2, 0.25) is 0 Å². The Morgan fingerprint density at radius 2 is 2.04 bits per heavy atom. The van der Waals surface area contributed by atoms with Gasteiger partial charge in [0.1, 0.15) is 0 Å². The Hall–Kier alpha value is -2.28. The molecule has 0 aromatic heterocycles. The van der Waals surface area contributed by atoms with Crippen LogP contribution in [0.25, 0.3) is 0 Å². The molecule has 138 valence electrons. The fourth-order valence-corrected chi connectivity index (χ4v) is 2.93. The molecule has 1 unspecified atom stereocenters. The van der Waals surface area contributed by atoms with Gasteiger partial charge in [0, 0.05) is 45.6 Å². The second kappa shape index (κ2) is 9.27. The zero-order chi connectivity index (χ0) is 18.2. The molecule has 2 rings (SSSR count). The van der Waals surface area contributed by atoms with Gasteiger partial charge in [-0.05, 0) is 24.1 Å². The normalized spacial score (nSPS) is 17.1. The van der Waals surface area contributed by atoms with E-state index >= 15 is 0 Å². The van der Waals surface area contributed by atoms with Gasteiger partial charge in [-0.25, -0.2) is 0 Å². The molecule has 0 bridgehead atoms. The van der Waals surface area contributed by atoms with Crippen molar-refractivity contribution in [3.05, 3.63) is 23.8 Å². The van der Waals surface area contributed by atoms with Crippen molar-refractivity contribution in [1.82, 2.24) is 15.5 Å². The van der Waals surface area contributed by atoms with Crippen LogP contribution in [0.3, 0.4) is 0 Å². The van der Waals surface area contributed by atoms with Gasteiger partial charge in [-0.2, -0.15) is 0 Å². The van der Waals surface area contributed by atoms with Gasteiger partial charge >= 0.3 is 0 Å². The Morgan fingerprint density at radius 3 is 2.72 bits per heavy atom. The third-order valence-corrected chi connectivity index (χ3v) is 4.32. The number of carbonyl (C=O) groups is 2. The summed E-state index contributed by atoms with van der Waals surface area (Å²) in [5.74, 6) is 1.42. The van der Waals surface area contributed by atoms with Crippen LogP contribution in [-0.2, 0) is 16.0 Å². The summed E-state index contributed by atoms with van der Waals surface area (Å²) >= 11 is 0. The molecule has 1 fully saturated rings. The van der Waals surface area contributed by atoms with Crippen molar-refractivity contribution >= 4 is 11.8 Å². The van der Waals surface area contributed by atoms with E-state index in [4.69, 9.17) is 9.47 Å². The van der Waals surface area contributed by atoms with Crippen LogP contribution in [0.5, 0.6) is 11.5 Å². The molecule has 1 aliphatic heterocycles. The lowest BCUT2D eigenvalue weighted by Crippen LogP contribution is -2.53. The first-order valence-electron chi connectivity index (χ1n) is 8.50. The van der Waals surface area contributed by atoms with Crippen LogP contribution in [0.4, 0.5) is 0 Å². The van der Waals surface area contributed by atoms with Crippen LogP contribution < -0.4 is 20.1 Å². The van der Waals surface area contributed by atoms with Crippen molar-refractivity contribution in [2.75, 3.05) is 40.4 Å². The van der Waals surface area contributed by atoms with E-state index < -0.39 is 0 Å². The van der Waals surface area contributed by atoms with Gasteiger partial charge in [0.05, 0.1) is 14.2 Å². The predicted molar refractivity (Wildman–Crippen MR) is 94.9 cm³/mol. The van der Waals surface area contributed by atoms with E-state index in [-0.39, 0.29) is 17.9 Å². The molecule has 7 nitrogen and oxygen atoms in total. The highest BCUT2D eigenvalue weighted by atomic mass is 16.5. The molecule has 0 spiro atoms. The fraction of sp³-hybridized carbons (Fsp3) is 0.556. The molecule has 0 aliphatic carbocycles.